The Balaban J connectivity index is 2.28. The first-order valence-corrected chi connectivity index (χ1v) is 7.21. The van der Waals surface area contributed by atoms with Gasteiger partial charge in [0.05, 0.1) is 16.3 Å². The average Bonchev–Trinajstić information content (AvgIpc) is 2.46. The van der Waals surface area contributed by atoms with Crippen molar-refractivity contribution in [3.63, 3.8) is 0 Å². The monoisotopic (exact) mass is 291 g/mol. The first-order valence-electron chi connectivity index (χ1n) is 5.77. The van der Waals surface area contributed by atoms with Crippen molar-refractivity contribution >= 4 is 10.0 Å². The van der Waals surface area contributed by atoms with Crippen LogP contribution in [0.3, 0.4) is 0 Å². The number of nitrogens with zero attached hydrogens (tertiary/aromatic N) is 3. The van der Waals surface area contributed by atoms with Crippen molar-refractivity contribution in [1.29, 1.82) is 0 Å². The molecule has 1 heterocycles. The van der Waals surface area contributed by atoms with E-state index in [-0.39, 0.29) is 10.6 Å². The van der Waals surface area contributed by atoms with Gasteiger partial charge in [-0.1, -0.05) is 28.8 Å². The molecular weight excluding hydrogens is 278 g/mol. The van der Waals surface area contributed by atoms with Crippen molar-refractivity contribution in [2.24, 2.45) is 9.63 Å². The Morgan fingerprint density at radius 2 is 1.90 bits per heavy atom. The lowest BCUT2D eigenvalue weighted by Gasteiger charge is -2.16. The molecule has 0 fully saturated rings. The molecule has 0 saturated carbocycles. The zero-order chi connectivity index (χ0) is 14.6. The minimum atomic E-state index is -3.83. The summed E-state index contributed by atoms with van der Waals surface area (Å²) in [5.74, 6) is 0. The molecule has 0 unspecified atom stereocenters. The van der Waals surface area contributed by atoms with Gasteiger partial charge in [0.2, 0.25) is 0 Å². The standard InChI is InChI=1S/C13H13N3O3S/c1-11(13-9-5-6-10-16(13)17)14-15-20(18,19)12-7-3-2-4-8-12/h2-10,17H,1H3/b13-11+,15-14?. The Hall–Kier alpha value is -2.25. The molecule has 104 valence electrons. The maximum absolute atomic E-state index is 11.9. The van der Waals surface area contributed by atoms with Crippen LogP contribution in [-0.4, -0.2) is 18.7 Å². The van der Waals surface area contributed by atoms with Gasteiger partial charge in [0.15, 0.2) is 0 Å². The normalized spacial score (nSPS) is 17.8. The molecule has 1 aliphatic rings. The highest BCUT2D eigenvalue weighted by Crippen LogP contribution is 2.18. The van der Waals surface area contributed by atoms with Crippen LogP contribution in [0, 0.1) is 0 Å². The van der Waals surface area contributed by atoms with E-state index < -0.39 is 10.0 Å². The lowest BCUT2D eigenvalue weighted by Crippen LogP contribution is -2.12. The van der Waals surface area contributed by atoms with Crippen LogP contribution >= 0.6 is 0 Å². The lowest BCUT2D eigenvalue weighted by atomic mass is 10.2. The van der Waals surface area contributed by atoms with Crippen molar-refractivity contribution in [2.75, 3.05) is 0 Å². The Morgan fingerprint density at radius 3 is 2.55 bits per heavy atom. The van der Waals surface area contributed by atoms with Crippen molar-refractivity contribution in [1.82, 2.24) is 5.06 Å². The van der Waals surface area contributed by atoms with E-state index in [0.717, 1.165) is 5.06 Å². The van der Waals surface area contributed by atoms with E-state index in [1.54, 1.807) is 43.4 Å². The van der Waals surface area contributed by atoms with Gasteiger partial charge in [-0.25, -0.2) is 5.06 Å². The third-order valence-corrected chi connectivity index (χ3v) is 3.71. The third-order valence-electron chi connectivity index (χ3n) is 2.55. The largest absolute Gasteiger partial charge is 0.299 e. The van der Waals surface area contributed by atoms with Crippen LogP contribution < -0.4 is 0 Å². The number of hydrogen-bond donors (Lipinski definition) is 1. The van der Waals surface area contributed by atoms with Gasteiger partial charge in [-0.2, -0.15) is 8.42 Å². The van der Waals surface area contributed by atoms with Crippen LogP contribution in [0.2, 0.25) is 0 Å². The molecule has 7 heteroatoms. The summed E-state index contributed by atoms with van der Waals surface area (Å²) in [6.07, 6.45) is 6.35. The Bertz CT molecular complexity index is 704. The van der Waals surface area contributed by atoms with E-state index in [9.17, 15) is 13.6 Å². The van der Waals surface area contributed by atoms with Crippen LogP contribution in [0.5, 0.6) is 0 Å². The third kappa shape index (κ3) is 3.19. The maximum atomic E-state index is 11.9. The predicted molar refractivity (Wildman–Crippen MR) is 73.1 cm³/mol. The highest BCUT2D eigenvalue weighted by Gasteiger charge is 2.13. The van der Waals surface area contributed by atoms with Gasteiger partial charge in [0.25, 0.3) is 10.0 Å². The van der Waals surface area contributed by atoms with E-state index in [1.165, 1.54) is 18.3 Å². The Kier molecular flexibility index (Phi) is 4.11. The van der Waals surface area contributed by atoms with Crippen LogP contribution in [0.1, 0.15) is 6.92 Å². The molecule has 1 aromatic rings. The van der Waals surface area contributed by atoms with Crippen molar-refractivity contribution in [3.8, 4) is 0 Å². The second-order valence-electron chi connectivity index (χ2n) is 3.99. The molecule has 0 bridgehead atoms. The fraction of sp³-hybridized carbons (Fsp3) is 0.0769. The number of sulfonamides is 1. The molecule has 0 spiro atoms. The highest BCUT2D eigenvalue weighted by molar-refractivity contribution is 7.90. The molecule has 0 saturated heterocycles. The predicted octanol–water partition coefficient (Wildman–Crippen LogP) is 2.83. The number of allylic oxidation sites excluding steroid dienone is 4. The molecule has 1 aromatic carbocycles. The lowest BCUT2D eigenvalue weighted by molar-refractivity contribution is -0.00148. The van der Waals surface area contributed by atoms with E-state index in [2.05, 4.69) is 9.63 Å². The highest BCUT2D eigenvalue weighted by atomic mass is 32.2. The minimum Gasteiger partial charge on any atom is -0.284 e. The van der Waals surface area contributed by atoms with Gasteiger partial charge in [-0.05, 0) is 31.2 Å². The number of benzene rings is 1. The Morgan fingerprint density at radius 1 is 1.20 bits per heavy atom. The van der Waals surface area contributed by atoms with E-state index in [1.807, 2.05) is 0 Å². The quantitative estimate of drug-likeness (QED) is 0.868. The van der Waals surface area contributed by atoms with E-state index >= 15 is 0 Å². The summed E-state index contributed by atoms with van der Waals surface area (Å²) >= 11 is 0. The molecule has 0 aromatic heterocycles. The summed E-state index contributed by atoms with van der Waals surface area (Å²) in [5, 5.41) is 14.1. The maximum Gasteiger partial charge on any atom is 0.299 e. The van der Waals surface area contributed by atoms with Crippen molar-refractivity contribution < 1.29 is 13.6 Å². The van der Waals surface area contributed by atoms with Crippen LogP contribution in [0.15, 0.2) is 80.7 Å². The van der Waals surface area contributed by atoms with Crippen LogP contribution in [0.25, 0.3) is 0 Å². The molecule has 0 amide bonds. The second-order valence-corrected chi connectivity index (χ2v) is 5.57. The molecule has 1 N–H and O–H groups in total. The summed E-state index contributed by atoms with van der Waals surface area (Å²) in [7, 11) is -3.83. The zero-order valence-corrected chi connectivity index (χ0v) is 11.5. The summed E-state index contributed by atoms with van der Waals surface area (Å²) in [5.41, 5.74) is 0.645. The molecule has 0 atom stereocenters. The smallest absolute Gasteiger partial charge is 0.284 e. The average molecular weight is 291 g/mol. The molecular formula is C13H13N3O3S. The molecule has 2 rings (SSSR count). The minimum absolute atomic E-state index is 0.0708. The molecule has 6 nitrogen and oxygen atoms in total. The first kappa shape index (κ1) is 14.2. The van der Waals surface area contributed by atoms with Gasteiger partial charge in [-0.3, -0.25) is 5.21 Å². The SMILES string of the molecule is C/C(N=NS(=O)(=O)c1ccccc1)=C1/C=CC=CN1O. The van der Waals surface area contributed by atoms with Gasteiger partial charge < -0.3 is 0 Å². The summed E-state index contributed by atoms with van der Waals surface area (Å²) in [4.78, 5) is 0.0708. The number of rotatable bonds is 3. The topological polar surface area (TPSA) is 82.3 Å². The fourth-order valence-corrected chi connectivity index (χ4v) is 2.35. The van der Waals surface area contributed by atoms with Gasteiger partial charge in [0.1, 0.15) is 0 Å². The van der Waals surface area contributed by atoms with E-state index in [0.29, 0.717) is 5.70 Å². The summed E-state index contributed by atoms with van der Waals surface area (Å²) in [6.45, 7) is 1.56. The number of hydroxylamine groups is 2. The van der Waals surface area contributed by atoms with Crippen LogP contribution in [0.4, 0.5) is 0 Å². The van der Waals surface area contributed by atoms with Gasteiger partial charge in [-0.15, -0.1) is 5.11 Å². The van der Waals surface area contributed by atoms with Gasteiger partial charge >= 0.3 is 0 Å². The Labute approximate surface area is 117 Å². The molecule has 1 aliphatic heterocycles. The zero-order valence-electron chi connectivity index (χ0n) is 10.7. The van der Waals surface area contributed by atoms with Gasteiger partial charge in [0, 0.05) is 6.20 Å². The van der Waals surface area contributed by atoms with E-state index in [4.69, 9.17) is 0 Å². The summed E-state index contributed by atoms with van der Waals surface area (Å²) < 4.78 is 27.2. The molecule has 0 radical (unpaired) electrons. The fourth-order valence-electron chi connectivity index (χ4n) is 1.53. The first-order chi connectivity index (χ1) is 9.50. The number of hydrogen-bond acceptors (Lipinski definition) is 5. The van der Waals surface area contributed by atoms with Crippen LogP contribution in [-0.2, 0) is 10.0 Å². The van der Waals surface area contributed by atoms with Crippen molar-refractivity contribution in [2.45, 2.75) is 11.8 Å². The molecule has 0 aliphatic carbocycles. The summed E-state index contributed by atoms with van der Waals surface area (Å²) in [6, 6.07) is 7.82. The molecule has 20 heavy (non-hydrogen) atoms. The van der Waals surface area contributed by atoms with Crippen molar-refractivity contribution in [3.05, 3.63) is 66.2 Å². The second kappa shape index (κ2) is 5.81.